The molecule has 0 radical (unpaired) electrons. The van der Waals surface area contributed by atoms with E-state index in [1.807, 2.05) is 78.9 Å². The number of rotatable bonds is 10. The van der Waals surface area contributed by atoms with Gasteiger partial charge in [0.25, 0.3) is 16.0 Å². The number of thioether (sulfide) groups is 1. The van der Waals surface area contributed by atoms with Gasteiger partial charge in [-0.25, -0.2) is 0 Å². The Kier molecular flexibility index (Phi) is 9.48. The Labute approximate surface area is 267 Å². The molecule has 5 rings (SSSR count). The SMILES string of the molecule is CC(C)(C)c1ccc(C(Sc2ccc(C(=O)NCCS(=O)(=O)O)cc2)C(=O)Nc2ccc(-c3cc4ccccc4o3)cc2)cc1. The van der Waals surface area contributed by atoms with E-state index in [1.54, 1.807) is 24.3 Å². The summed E-state index contributed by atoms with van der Waals surface area (Å²) in [6, 6.07) is 32.1. The van der Waals surface area contributed by atoms with Gasteiger partial charge in [-0.05, 0) is 77.2 Å². The third-order valence-electron chi connectivity index (χ3n) is 7.20. The lowest BCUT2D eigenvalue weighted by atomic mass is 9.86. The molecule has 2 amide bonds. The van der Waals surface area contributed by atoms with Gasteiger partial charge in [0.05, 0.1) is 5.75 Å². The number of fused-ring (bicyclic) bond motifs is 1. The summed E-state index contributed by atoms with van der Waals surface area (Å²) in [5.41, 5.74) is 4.63. The van der Waals surface area contributed by atoms with Crippen LogP contribution in [0, 0.1) is 0 Å². The smallest absolute Gasteiger partial charge is 0.266 e. The molecule has 45 heavy (non-hydrogen) atoms. The van der Waals surface area contributed by atoms with Crippen molar-refractivity contribution >= 4 is 50.4 Å². The highest BCUT2D eigenvalue weighted by Gasteiger charge is 2.24. The molecular formula is C35H34N2O6S2. The van der Waals surface area contributed by atoms with E-state index in [0.29, 0.717) is 11.3 Å². The van der Waals surface area contributed by atoms with E-state index >= 15 is 0 Å². The first-order chi connectivity index (χ1) is 21.4. The average molecular weight is 643 g/mol. The van der Waals surface area contributed by atoms with Crippen molar-refractivity contribution in [3.05, 3.63) is 120 Å². The predicted octanol–water partition coefficient (Wildman–Crippen LogP) is 7.49. The maximum atomic E-state index is 13.8. The predicted molar refractivity (Wildman–Crippen MR) is 179 cm³/mol. The summed E-state index contributed by atoms with van der Waals surface area (Å²) in [7, 11) is -4.17. The summed E-state index contributed by atoms with van der Waals surface area (Å²) < 4.78 is 36.7. The van der Waals surface area contributed by atoms with Crippen molar-refractivity contribution in [3.63, 3.8) is 0 Å². The summed E-state index contributed by atoms with van der Waals surface area (Å²) in [6.45, 7) is 6.20. The van der Waals surface area contributed by atoms with Gasteiger partial charge in [0.1, 0.15) is 16.6 Å². The lowest BCUT2D eigenvalue weighted by Gasteiger charge is -2.21. The molecule has 0 fully saturated rings. The molecule has 0 aliphatic rings. The van der Waals surface area contributed by atoms with Gasteiger partial charge in [0, 0.05) is 33.6 Å². The van der Waals surface area contributed by atoms with E-state index in [2.05, 4.69) is 31.4 Å². The zero-order valence-corrected chi connectivity index (χ0v) is 26.7. The molecule has 0 bridgehead atoms. The zero-order chi connectivity index (χ0) is 32.2. The Morgan fingerprint density at radius 2 is 1.56 bits per heavy atom. The summed E-state index contributed by atoms with van der Waals surface area (Å²) in [4.78, 5) is 26.9. The van der Waals surface area contributed by atoms with Crippen molar-refractivity contribution in [2.24, 2.45) is 0 Å². The number of carbonyl (C=O) groups is 2. The number of hydrogen-bond donors (Lipinski definition) is 3. The van der Waals surface area contributed by atoms with Crippen LogP contribution in [0.2, 0.25) is 0 Å². The highest BCUT2D eigenvalue weighted by Crippen LogP contribution is 2.38. The molecule has 3 N–H and O–H groups in total. The van der Waals surface area contributed by atoms with E-state index in [9.17, 15) is 18.0 Å². The molecule has 5 aromatic rings. The van der Waals surface area contributed by atoms with Crippen LogP contribution < -0.4 is 10.6 Å². The molecule has 8 nitrogen and oxygen atoms in total. The Bertz CT molecular complexity index is 1880. The number of furan rings is 1. The van der Waals surface area contributed by atoms with Crippen LogP contribution in [0.3, 0.4) is 0 Å². The second-order valence-corrected chi connectivity index (χ2v) is 14.4. The summed E-state index contributed by atoms with van der Waals surface area (Å²) in [6.07, 6.45) is 0. The lowest BCUT2D eigenvalue weighted by Crippen LogP contribution is -2.28. The van der Waals surface area contributed by atoms with Gasteiger partial charge >= 0.3 is 0 Å². The number of nitrogens with one attached hydrogen (secondary N) is 2. The van der Waals surface area contributed by atoms with Crippen LogP contribution in [-0.4, -0.2) is 37.1 Å². The van der Waals surface area contributed by atoms with Gasteiger partial charge in [-0.15, -0.1) is 11.8 Å². The van der Waals surface area contributed by atoms with E-state index in [-0.39, 0.29) is 17.9 Å². The number of anilines is 1. The number of benzene rings is 4. The lowest BCUT2D eigenvalue weighted by molar-refractivity contribution is -0.115. The van der Waals surface area contributed by atoms with Crippen LogP contribution in [0.5, 0.6) is 0 Å². The van der Waals surface area contributed by atoms with Crippen LogP contribution in [0.4, 0.5) is 5.69 Å². The van der Waals surface area contributed by atoms with Crippen molar-refractivity contribution in [1.82, 2.24) is 5.32 Å². The molecule has 0 saturated carbocycles. The number of amides is 2. The standard InChI is InChI=1S/C35H34N2O6S2/c1-35(2,3)27-14-8-24(9-15-27)32(44-29-18-12-25(13-19-29)33(38)36-20-21-45(40,41)42)34(39)37-28-16-10-23(11-17-28)31-22-26-6-4-5-7-30(26)43-31/h4-19,22,32H,20-21H2,1-3H3,(H,36,38)(H,37,39)(H,40,41,42). The molecule has 0 spiro atoms. The fourth-order valence-corrected chi connectivity index (χ4v) is 6.08. The average Bonchev–Trinajstić information content (AvgIpc) is 3.44. The monoisotopic (exact) mass is 642 g/mol. The van der Waals surface area contributed by atoms with E-state index < -0.39 is 27.0 Å². The van der Waals surface area contributed by atoms with Crippen LogP contribution in [0.25, 0.3) is 22.3 Å². The topological polar surface area (TPSA) is 126 Å². The molecule has 4 aromatic carbocycles. The molecule has 0 saturated heterocycles. The normalized spacial score (nSPS) is 12.5. The fourth-order valence-electron chi connectivity index (χ4n) is 4.70. The third kappa shape index (κ3) is 8.42. The quantitative estimate of drug-likeness (QED) is 0.106. The second kappa shape index (κ2) is 13.3. The first-order valence-corrected chi connectivity index (χ1v) is 16.8. The molecular weight excluding hydrogens is 609 g/mol. The second-order valence-electron chi connectivity index (χ2n) is 11.7. The Morgan fingerprint density at radius 1 is 0.889 bits per heavy atom. The highest BCUT2D eigenvalue weighted by atomic mass is 32.2. The molecule has 1 unspecified atom stereocenters. The number of para-hydroxylation sites is 1. The number of carbonyl (C=O) groups excluding carboxylic acids is 2. The van der Waals surface area contributed by atoms with Gasteiger partial charge < -0.3 is 15.1 Å². The van der Waals surface area contributed by atoms with Crippen molar-refractivity contribution in [3.8, 4) is 11.3 Å². The van der Waals surface area contributed by atoms with Crippen LogP contribution in [-0.2, 0) is 20.3 Å². The Hall–Kier alpha value is -4.38. The Morgan fingerprint density at radius 3 is 2.18 bits per heavy atom. The van der Waals surface area contributed by atoms with E-state index in [1.165, 1.54) is 11.8 Å². The summed E-state index contributed by atoms with van der Waals surface area (Å²) in [5.74, 6) is -0.488. The minimum absolute atomic E-state index is 0.0389. The van der Waals surface area contributed by atoms with Crippen LogP contribution in [0.15, 0.2) is 112 Å². The Balaban J connectivity index is 1.33. The summed E-state index contributed by atoms with van der Waals surface area (Å²) in [5, 5.41) is 5.95. The fraction of sp³-hybridized carbons (Fsp3) is 0.200. The molecule has 1 heterocycles. The third-order valence-corrected chi connectivity index (χ3v) is 9.18. The number of hydrogen-bond acceptors (Lipinski definition) is 6. The maximum Gasteiger partial charge on any atom is 0.266 e. The van der Waals surface area contributed by atoms with Gasteiger partial charge in [-0.2, -0.15) is 8.42 Å². The molecule has 232 valence electrons. The van der Waals surface area contributed by atoms with Gasteiger partial charge in [0.2, 0.25) is 5.91 Å². The van der Waals surface area contributed by atoms with E-state index in [0.717, 1.165) is 38.3 Å². The van der Waals surface area contributed by atoms with Gasteiger partial charge in [-0.3, -0.25) is 14.1 Å². The molecule has 0 aliphatic heterocycles. The summed E-state index contributed by atoms with van der Waals surface area (Å²) >= 11 is 1.36. The minimum atomic E-state index is -4.17. The minimum Gasteiger partial charge on any atom is -0.456 e. The molecule has 10 heteroatoms. The molecule has 0 aliphatic carbocycles. The largest absolute Gasteiger partial charge is 0.456 e. The van der Waals surface area contributed by atoms with Crippen LogP contribution in [0.1, 0.15) is 47.5 Å². The molecule has 1 aromatic heterocycles. The van der Waals surface area contributed by atoms with Crippen molar-refractivity contribution in [2.45, 2.75) is 36.3 Å². The van der Waals surface area contributed by atoms with Crippen molar-refractivity contribution in [1.29, 1.82) is 0 Å². The molecule has 1 atom stereocenters. The first kappa shape index (κ1) is 32.0. The van der Waals surface area contributed by atoms with Gasteiger partial charge in [0.15, 0.2) is 0 Å². The van der Waals surface area contributed by atoms with Crippen molar-refractivity contribution in [2.75, 3.05) is 17.6 Å². The first-order valence-electron chi connectivity index (χ1n) is 14.4. The maximum absolute atomic E-state index is 13.8. The van der Waals surface area contributed by atoms with E-state index in [4.69, 9.17) is 8.97 Å². The van der Waals surface area contributed by atoms with Gasteiger partial charge in [-0.1, -0.05) is 63.2 Å². The zero-order valence-electron chi connectivity index (χ0n) is 25.1. The van der Waals surface area contributed by atoms with Crippen LogP contribution >= 0.6 is 11.8 Å². The highest BCUT2D eigenvalue weighted by molar-refractivity contribution is 8.00. The van der Waals surface area contributed by atoms with Crippen molar-refractivity contribution < 1.29 is 27.0 Å².